The molecule has 1 unspecified atom stereocenters. The van der Waals surface area contributed by atoms with Crippen molar-refractivity contribution < 1.29 is 0 Å². The lowest BCUT2D eigenvalue weighted by atomic mass is 10.0. The Hall–Kier alpha value is -1.55. The summed E-state index contributed by atoms with van der Waals surface area (Å²) in [7, 11) is 0. The number of benzene rings is 1. The van der Waals surface area contributed by atoms with E-state index >= 15 is 0 Å². The van der Waals surface area contributed by atoms with Gasteiger partial charge >= 0.3 is 0 Å². The lowest BCUT2D eigenvalue weighted by Gasteiger charge is -2.13. The molecule has 0 spiro atoms. The van der Waals surface area contributed by atoms with Gasteiger partial charge in [-0.15, -0.1) is 0 Å². The predicted octanol–water partition coefficient (Wildman–Crippen LogP) is 3.69. The Morgan fingerprint density at radius 3 is 2.74 bits per heavy atom. The molecule has 5 heteroatoms. The van der Waals surface area contributed by atoms with E-state index in [0.29, 0.717) is 10.0 Å². The Bertz CT molecular complexity index is 736. The van der Waals surface area contributed by atoms with Gasteiger partial charge in [-0.1, -0.05) is 41.4 Å². The first kappa shape index (κ1) is 12.5. The van der Waals surface area contributed by atoms with Gasteiger partial charge < -0.3 is 5.73 Å². The third-order valence-corrected chi connectivity index (χ3v) is 3.94. The summed E-state index contributed by atoms with van der Waals surface area (Å²) >= 11 is 12.2. The number of fused-ring (bicyclic) bond motifs is 1. The van der Waals surface area contributed by atoms with Crippen LogP contribution in [0.5, 0.6) is 0 Å². The molecule has 2 heterocycles. The molecule has 0 amide bonds. The van der Waals surface area contributed by atoms with Crippen LogP contribution in [-0.4, -0.2) is 9.61 Å². The van der Waals surface area contributed by atoms with Gasteiger partial charge in [-0.25, -0.2) is 4.52 Å². The van der Waals surface area contributed by atoms with Crippen molar-refractivity contribution in [1.82, 2.24) is 9.61 Å². The average molecular weight is 292 g/mol. The molecule has 3 rings (SSSR count). The van der Waals surface area contributed by atoms with Crippen LogP contribution >= 0.6 is 23.2 Å². The fourth-order valence-electron chi connectivity index (χ4n) is 2.12. The van der Waals surface area contributed by atoms with Gasteiger partial charge in [0.2, 0.25) is 0 Å². The minimum absolute atomic E-state index is 0.355. The van der Waals surface area contributed by atoms with Gasteiger partial charge in [0.15, 0.2) is 0 Å². The lowest BCUT2D eigenvalue weighted by Crippen LogP contribution is -2.12. The van der Waals surface area contributed by atoms with Gasteiger partial charge in [0.25, 0.3) is 0 Å². The fourth-order valence-corrected chi connectivity index (χ4v) is 2.55. The van der Waals surface area contributed by atoms with E-state index in [2.05, 4.69) is 5.10 Å². The highest BCUT2D eigenvalue weighted by Gasteiger charge is 2.17. The first-order valence-electron chi connectivity index (χ1n) is 5.80. The summed E-state index contributed by atoms with van der Waals surface area (Å²) in [6, 6.07) is 11.0. The number of halogens is 2. The van der Waals surface area contributed by atoms with Crippen LogP contribution < -0.4 is 5.73 Å². The molecule has 0 saturated carbocycles. The largest absolute Gasteiger partial charge is 0.320 e. The molecular weight excluding hydrogens is 281 g/mol. The minimum atomic E-state index is -0.355. The SMILES string of the molecule is NC(c1cccc(Cl)c1Cl)c1cnn2ccccc12. The van der Waals surface area contributed by atoms with Crippen molar-refractivity contribution in [2.75, 3.05) is 0 Å². The van der Waals surface area contributed by atoms with Crippen LogP contribution in [0.1, 0.15) is 17.2 Å². The molecule has 19 heavy (non-hydrogen) atoms. The van der Waals surface area contributed by atoms with E-state index in [1.165, 1.54) is 0 Å². The number of aromatic nitrogens is 2. The van der Waals surface area contributed by atoms with Crippen LogP contribution in [-0.2, 0) is 0 Å². The van der Waals surface area contributed by atoms with Crippen molar-refractivity contribution in [3.8, 4) is 0 Å². The van der Waals surface area contributed by atoms with Crippen molar-refractivity contribution in [3.05, 3.63) is 70.0 Å². The maximum atomic E-state index is 6.30. The second-order valence-corrected chi connectivity index (χ2v) is 5.04. The topological polar surface area (TPSA) is 43.3 Å². The number of rotatable bonds is 2. The Labute approximate surface area is 120 Å². The molecule has 3 nitrogen and oxygen atoms in total. The predicted molar refractivity (Wildman–Crippen MR) is 77.7 cm³/mol. The van der Waals surface area contributed by atoms with E-state index in [4.69, 9.17) is 28.9 Å². The van der Waals surface area contributed by atoms with Gasteiger partial charge in [0.05, 0.1) is 27.8 Å². The normalized spacial score (nSPS) is 12.8. The van der Waals surface area contributed by atoms with Gasteiger partial charge in [-0.2, -0.15) is 5.10 Å². The van der Waals surface area contributed by atoms with E-state index in [9.17, 15) is 0 Å². The maximum Gasteiger partial charge on any atom is 0.0712 e. The van der Waals surface area contributed by atoms with Gasteiger partial charge in [-0.3, -0.25) is 0 Å². The van der Waals surface area contributed by atoms with Gasteiger partial charge in [0.1, 0.15) is 0 Å². The van der Waals surface area contributed by atoms with E-state index in [1.54, 1.807) is 16.8 Å². The molecule has 1 atom stereocenters. The van der Waals surface area contributed by atoms with Crippen LogP contribution in [0.25, 0.3) is 5.52 Å². The first-order chi connectivity index (χ1) is 9.18. The zero-order chi connectivity index (χ0) is 13.4. The molecular formula is C14H11Cl2N3. The summed E-state index contributed by atoms with van der Waals surface area (Å²) in [4.78, 5) is 0. The number of hydrogen-bond donors (Lipinski definition) is 1. The quantitative estimate of drug-likeness (QED) is 0.782. The van der Waals surface area contributed by atoms with E-state index < -0.39 is 0 Å². The standard InChI is InChI=1S/C14H11Cl2N3/c15-11-5-3-4-9(13(11)16)14(17)10-8-18-19-7-2-1-6-12(10)19/h1-8,14H,17H2. The lowest BCUT2D eigenvalue weighted by molar-refractivity contribution is 0.880. The molecule has 2 N–H and O–H groups in total. The van der Waals surface area contributed by atoms with Crippen LogP contribution in [0.4, 0.5) is 0 Å². The number of nitrogens with two attached hydrogens (primary N) is 1. The maximum absolute atomic E-state index is 6.30. The van der Waals surface area contributed by atoms with Gasteiger partial charge in [-0.05, 0) is 23.8 Å². The van der Waals surface area contributed by atoms with E-state index in [-0.39, 0.29) is 6.04 Å². The molecule has 0 radical (unpaired) electrons. The summed E-state index contributed by atoms with van der Waals surface area (Å²) in [5.41, 5.74) is 8.98. The second-order valence-electron chi connectivity index (χ2n) is 4.25. The van der Waals surface area contributed by atoms with Crippen molar-refractivity contribution in [1.29, 1.82) is 0 Å². The zero-order valence-corrected chi connectivity index (χ0v) is 11.4. The molecule has 0 fully saturated rings. The molecule has 1 aromatic carbocycles. The van der Waals surface area contributed by atoms with Crippen LogP contribution in [0.3, 0.4) is 0 Å². The third-order valence-electron chi connectivity index (χ3n) is 3.11. The fraction of sp³-hybridized carbons (Fsp3) is 0.0714. The average Bonchev–Trinajstić information content (AvgIpc) is 2.85. The Kier molecular flexibility index (Phi) is 3.19. The Morgan fingerprint density at radius 1 is 1.05 bits per heavy atom. The minimum Gasteiger partial charge on any atom is -0.320 e. The van der Waals surface area contributed by atoms with Crippen molar-refractivity contribution >= 4 is 28.7 Å². The highest BCUT2D eigenvalue weighted by Crippen LogP contribution is 2.33. The van der Waals surface area contributed by atoms with Gasteiger partial charge in [0, 0.05) is 11.8 Å². The van der Waals surface area contributed by atoms with Crippen molar-refractivity contribution in [2.45, 2.75) is 6.04 Å². The third kappa shape index (κ3) is 2.10. The molecule has 96 valence electrons. The monoisotopic (exact) mass is 291 g/mol. The van der Waals surface area contributed by atoms with Crippen molar-refractivity contribution in [3.63, 3.8) is 0 Å². The highest BCUT2D eigenvalue weighted by atomic mass is 35.5. The molecule has 0 saturated heterocycles. The number of pyridine rings is 1. The summed E-state index contributed by atoms with van der Waals surface area (Å²) in [6.45, 7) is 0. The molecule has 3 aromatic rings. The van der Waals surface area contributed by atoms with Crippen LogP contribution in [0.2, 0.25) is 10.0 Å². The molecule has 2 aromatic heterocycles. The summed E-state index contributed by atoms with van der Waals surface area (Å²) in [6.07, 6.45) is 3.64. The van der Waals surface area contributed by atoms with Crippen LogP contribution in [0.15, 0.2) is 48.8 Å². The molecule has 0 bridgehead atoms. The Morgan fingerprint density at radius 2 is 1.89 bits per heavy atom. The molecule has 0 aliphatic carbocycles. The number of hydrogen-bond acceptors (Lipinski definition) is 2. The smallest absolute Gasteiger partial charge is 0.0712 e. The highest BCUT2D eigenvalue weighted by molar-refractivity contribution is 6.42. The first-order valence-corrected chi connectivity index (χ1v) is 6.56. The summed E-state index contributed by atoms with van der Waals surface area (Å²) < 4.78 is 1.79. The molecule has 0 aliphatic heterocycles. The Balaban J connectivity index is 2.13. The zero-order valence-electron chi connectivity index (χ0n) is 9.92. The summed E-state index contributed by atoms with van der Waals surface area (Å²) in [5.74, 6) is 0. The van der Waals surface area contributed by atoms with E-state index in [1.807, 2.05) is 36.5 Å². The summed E-state index contributed by atoms with van der Waals surface area (Å²) in [5, 5.41) is 5.28. The molecule has 0 aliphatic rings. The van der Waals surface area contributed by atoms with E-state index in [0.717, 1.165) is 16.6 Å². The van der Waals surface area contributed by atoms with Crippen molar-refractivity contribution in [2.24, 2.45) is 5.73 Å². The number of nitrogens with zero attached hydrogens (tertiary/aromatic N) is 2. The second kappa shape index (κ2) is 4.85. The van der Waals surface area contributed by atoms with Crippen LogP contribution in [0, 0.1) is 0 Å².